The number of carbonyl (C=O) groups is 2. The van der Waals surface area contributed by atoms with E-state index in [1.807, 2.05) is 6.92 Å². The lowest BCUT2D eigenvalue weighted by Crippen LogP contribution is -2.32. The van der Waals surface area contributed by atoms with E-state index in [-0.39, 0.29) is 36.3 Å². The molecule has 6 heteroatoms. The van der Waals surface area contributed by atoms with E-state index >= 15 is 0 Å². The third kappa shape index (κ3) is 5.55. The number of fused-ring (bicyclic) bond motifs is 1. The van der Waals surface area contributed by atoms with Crippen LogP contribution in [-0.2, 0) is 23.8 Å². The molecule has 2 saturated heterocycles. The molecule has 2 heterocycles. The molecule has 2 unspecified atom stereocenters. The van der Waals surface area contributed by atoms with Crippen LogP contribution in [0.25, 0.3) is 0 Å². The molecule has 1 aliphatic carbocycles. The van der Waals surface area contributed by atoms with Crippen molar-refractivity contribution in [3.05, 3.63) is 0 Å². The Bertz CT molecular complexity index is 503. The van der Waals surface area contributed by atoms with Gasteiger partial charge in [0.15, 0.2) is 6.29 Å². The number of rotatable bonds is 9. The van der Waals surface area contributed by atoms with Crippen molar-refractivity contribution in [2.45, 2.75) is 89.6 Å². The molecule has 0 spiro atoms. The average molecular weight is 397 g/mol. The van der Waals surface area contributed by atoms with Crippen molar-refractivity contribution in [1.82, 2.24) is 0 Å². The lowest BCUT2D eigenvalue weighted by atomic mass is 9.86. The smallest absolute Gasteiger partial charge is 0.306 e. The molecule has 160 valence electrons. The molecule has 3 fully saturated rings. The molecule has 1 N–H and O–H groups in total. The van der Waals surface area contributed by atoms with E-state index in [1.54, 1.807) is 0 Å². The highest BCUT2D eigenvalue weighted by Crippen LogP contribution is 2.42. The molecular formula is C22H36O6. The van der Waals surface area contributed by atoms with Crippen LogP contribution in [0.1, 0.15) is 71.1 Å². The fraction of sp³-hybridized carbons (Fsp3) is 0.909. The highest BCUT2D eigenvalue weighted by atomic mass is 16.7. The number of hydrogen-bond acceptors (Lipinski definition) is 5. The second-order valence-corrected chi connectivity index (χ2v) is 8.80. The number of carboxylic acids is 1. The Hall–Kier alpha value is -0.980. The quantitative estimate of drug-likeness (QED) is 0.597. The van der Waals surface area contributed by atoms with Crippen LogP contribution >= 0.6 is 0 Å². The average Bonchev–Trinajstić information content (AvgIpc) is 2.90. The van der Waals surface area contributed by atoms with Gasteiger partial charge in [-0.25, -0.2) is 0 Å². The lowest BCUT2D eigenvalue weighted by molar-refractivity contribution is -0.195. The van der Waals surface area contributed by atoms with Crippen molar-refractivity contribution in [1.29, 1.82) is 0 Å². The molecule has 0 radical (unpaired) electrons. The van der Waals surface area contributed by atoms with Crippen LogP contribution in [0.3, 0.4) is 0 Å². The lowest BCUT2D eigenvalue weighted by Gasteiger charge is -2.28. The van der Waals surface area contributed by atoms with E-state index in [0.717, 1.165) is 70.7 Å². The summed E-state index contributed by atoms with van der Waals surface area (Å²) in [6.07, 6.45) is 9.90. The van der Waals surface area contributed by atoms with Crippen LogP contribution in [0.2, 0.25) is 0 Å². The summed E-state index contributed by atoms with van der Waals surface area (Å²) in [4.78, 5) is 23.2. The minimum Gasteiger partial charge on any atom is -0.481 e. The Kier molecular flexibility index (Phi) is 8.30. The van der Waals surface area contributed by atoms with Crippen LogP contribution in [0, 0.1) is 23.7 Å². The summed E-state index contributed by atoms with van der Waals surface area (Å²) >= 11 is 0. The zero-order valence-corrected chi connectivity index (χ0v) is 17.1. The Balaban J connectivity index is 1.50. The van der Waals surface area contributed by atoms with Crippen molar-refractivity contribution in [2.24, 2.45) is 23.7 Å². The Morgan fingerprint density at radius 1 is 1.21 bits per heavy atom. The van der Waals surface area contributed by atoms with E-state index in [9.17, 15) is 14.7 Å². The minimum atomic E-state index is -0.681. The predicted octanol–water partition coefficient (Wildman–Crippen LogP) is 3.81. The SMILES string of the molecule is CCCC(CC[C@@H]1CC[C@@H]2[C@@H](C=O)[C@H](OC3CCCCO3)C[C@@H]2OC1)C(=O)O. The Labute approximate surface area is 168 Å². The summed E-state index contributed by atoms with van der Waals surface area (Å²) in [6, 6.07) is 0. The fourth-order valence-corrected chi connectivity index (χ4v) is 5.18. The van der Waals surface area contributed by atoms with Crippen molar-refractivity contribution < 1.29 is 28.9 Å². The van der Waals surface area contributed by atoms with Gasteiger partial charge in [0.25, 0.3) is 0 Å². The minimum absolute atomic E-state index is 0.0692. The number of carbonyl (C=O) groups excluding carboxylic acids is 1. The van der Waals surface area contributed by atoms with Crippen molar-refractivity contribution in [3.63, 3.8) is 0 Å². The van der Waals surface area contributed by atoms with Gasteiger partial charge in [-0.15, -0.1) is 0 Å². The number of hydrogen-bond donors (Lipinski definition) is 1. The number of ether oxygens (including phenoxy) is 3. The summed E-state index contributed by atoms with van der Waals surface area (Å²) < 4.78 is 18.1. The zero-order valence-electron chi connectivity index (χ0n) is 17.1. The molecule has 28 heavy (non-hydrogen) atoms. The van der Waals surface area contributed by atoms with Crippen LogP contribution in [0.15, 0.2) is 0 Å². The van der Waals surface area contributed by atoms with E-state index in [1.165, 1.54) is 0 Å². The molecule has 7 atom stereocenters. The van der Waals surface area contributed by atoms with Gasteiger partial charge in [0, 0.05) is 25.6 Å². The van der Waals surface area contributed by atoms with Gasteiger partial charge in [-0.05, 0) is 63.2 Å². The van der Waals surface area contributed by atoms with Gasteiger partial charge < -0.3 is 24.1 Å². The van der Waals surface area contributed by atoms with E-state index < -0.39 is 5.97 Å². The maximum absolute atomic E-state index is 11.8. The van der Waals surface area contributed by atoms with Gasteiger partial charge in [-0.2, -0.15) is 0 Å². The van der Waals surface area contributed by atoms with Gasteiger partial charge in [-0.3, -0.25) is 4.79 Å². The topological polar surface area (TPSA) is 82.1 Å². The molecule has 3 aliphatic rings. The number of aliphatic carboxylic acids is 1. The summed E-state index contributed by atoms with van der Waals surface area (Å²) in [6.45, 7) is 3.43. The Morgan fingerprint density at radius 3 is 2.75 bits per heavy atom. The van der Waals surface area contributed by atoms with Crippen LogP contribution in [0.5, 0.6) is 0 Å². The number of carboxylic acid groups (broad SMARTS) is 1. The molecule has 0 amide bonds. The first kappa shape index (κ1) is 21.7. The van der Waals surface area contributed by atoms with Crippen LogP contribution in [0.4, 0.5) is 0 Å². The van der Waals surface area contributed by atoms with Crippen LogP contribution < -0.4 is 0 Å². The normalized spacial score (nSPS) is 37.0. The maximum Gasteiger partial charge on any atom is 0.306 e. The first-order valence-electron chi connectivity index (χ1n) is 11.2. The largest absolute Gasteiger partial charge is 0.481 e. The first-order valence-corrected chi connectivity index (χ1v) is 11.2. The molecular weight excluding hydrogens is 360 g/mol. The molecule has 0 bridgehead atoms. The highest BCUT2D eigenvalue weighted by Gasteiger charge is 2.46. The van der Waals surface area contributed by atoms with Gasteiger partial charge in [-0.1, -0.05) is 13.3 Å². The van der Waals surface area contributed by atoms with E-state index in [2.05, 4.69) is 0 Å². The second kappa shape index (κ2) is 10.7. The molecule has 3 rings (SSSR count). The molecule has 0 aromatic rings. The van der Waals surface area contributed by atoms with Gasteiger partial charge in [0.2, 0.25) is 0 Å². The summed E-state index contributed by atoms with van der Waals surface area (Å²) in [5.74, 6) is -0.455. The maximum atomic E-state index is 11.8. The predicted molar refractivity (Wildman–Crippen MR) is 104 cm³/mol. The molecule has 2 aliphatic heterocycles. The third-order valence-corrected chi connectivity index (χ3v) is 6.85. The van der Waals surface area contributed by atoms with Crippen molar-refractivity contribution in [3.8, 4) is 0 Å². The summed E-state index contributed by atoms with van der Waals surface area (Å²) in [5, 5.41) is 9.36. The van der Waals surface area contributed by atoms with Crippen LogP contribution in [-0.4, -0.2) is 49.1 Å². The molecule has 1 saturated carbocycles. The highest BCUT2D eigenvalue weighted by molar-refractivity contribution is 5.69. The fourth-order valence-electron chi connectivity index (χ4n) is 5.18. The Morgan fingerprint density at radius 2 is 2.07 bits per heavy atom. The van der Waals surface area contributed by atoms with E-state index in [0.29, 0.717) is 18.9 Å². The standard InChI is InChI=1S/C22H36O6/c1-2-5-16(22(24)25)9-7-15-8-10-17-18(13-23)20(12-19(17)27-14-15)28-21-6-3-4-11-26-21/h13,15-21H,2-12,14H2,1H3,(H,24,25)/t15-,16?,17-,18-,19+,20-,21?/m1/s1. The van der Waals surface area contributed by atoms with Gasteiger partial charge in [0.1, 0.15) is 6.29 Å². The zero-order chi connectivity index (χ0) is 19.9. The third-order valence-electron chi connectivity index (χ3n) is 6.85. The second-order valence-electron chi connectivity index (χ2n) is 8.80. The summed E-state index contributed by atoms with van der Waals surface area (Å²) in [7, 11) is 0. The first-order chi connectivity index (χ1) is 13.6. The molecule has 0 aromatic heterocycles. The molecule has 0 aromatic carbocycles. The van der Waals surface area contributed by atoms with Gasteiger partial charge in [0.05, 0.1) is 18.1 Å². The number of aldehydes is 1. The monoisotopic (exact) mass is 396 g/mol. The molecule has 6 nitrogen and oxygen atoms in total. The van der Waals surface area contributed by atoms with Crippen molar-refractivity contribution >= 4 is 12.3 Å². The van der Waals surface area contributed by atoms with Gasteiger partial charge >= 0.3 is 5.97 Å². The van der Waals surface area contributed by atoms with E-state index in [4.69, 9.17) is 14.2 Å². The summed E-state index contributed by atoms with van der Waals surface area (Å²) in [5.41, 5.74) is 0. The van der Waals surface area contributed by atoms with Crippen molar-refractivity contribution in [2.75, 3.05) is 13.2 Å².